The number of morpholine rings is 1. The molecule has 192 valence electrons. The minimum absolute atomic E-state index is 0.0602. The van der Waals surface area contributed by atoms with Crippen LogP contribution < -0.4 is 10.6 Å². The maximum absolute atomic E-state index is 12.9. The van der Waals surface area contributed by atoms with E-state index in [-0.39, 0.29) is 35.4 Å². The lowest BCUT2D eigenvalue weighted by Crippen LogP contribution is -2.49. The minimum Gasteiger partial charge on any atom is -0.379 e. The second-order valence-electron chi connectivity index (χ2n) is 9.63. The number of rotatable bonds is 13. The van der Waals surface area contributed by atoms with Crippen molar-refractivity contribution < 1.29 is 22.7 Å². The Morgan fingerprint density at radius 1 is 1.03 bits per heavy atom. The van der Waals surface area contributed by atoms with Gasteiger partial charge in [0, 0.05) is 25.2 Å². The summed E-state index contributed by atoms with van der Waals surface area (Å²) < 4.78 is 32.4. The number of unbranched alkanes of at least 4 members (excludes halogenated alkanes) is 3. The molecule has 2 amide bonds. The smallest absolute Gasteiger partial charge is 0.251 e. The molecule has 1 aliphatic heterocycles. The molecule has 0 bridgehead atoms. The fourth-order valence-electron chi connectivity index (χ4n) is 3.85. The molecule has 1 saturated heterocycles. The number of amides is 2. The largest absolute Gasteiger partial charge is 0.379 e. The number of carbonyl (C=O) groups is 2. The molecule has 1 aromatic rings. The van der Waals surface area contributed by atoms with Gasteiger partial charge in [-0.3, -0.25) is 9.59 Å². The maximum atomic E-state index is 12.9. The van der Waals surface area contributed by atoms with Crippen molar-refractivity contribution in [3.8, 4) is 0 Å². The van der Waals surface area contributed by atoms with Crippen molar-refractivity contribution in [2.45, 2.75) is 70.7 Å². The predicted molar refractivity (Wildman–Crippen MR) is 133 cm³/mol. The summed E-state index contributed by atoms with van der Waals surface area (Å²) in [5.41, 5.74) is 0.206. The number of ether oxygens (including phenoxy) is 1. The molecule has 8 nitrogen and oxygen atoms in total. The lowest BCUT2D eigenvalue weighted by Gasteiger charge is -2.26. The first-order valence-corrected chi connectivity index (χ1v) is 13.8. The number of carbonyl (C=O) groups excluding carboxylic acids is 2. The third-order valence-electron chi connectivity index (χ3n) is 5.95. The van der Waals surface area contributed by atoms with E-state index in [1.165, 1.54) is 29.3 Å². The van der Waals surface area contributed by atoms with Crippen molar-refractivity contribution in [2.75, 3.05) is 32.8 Å². The van der Waals surface area contributed by atoms with Gasteiger partial charge in [0.25, 0.3) is 5.91 Å². The molecule has 1 aromatic carbocycles. The summed E-state index contributed by atoms with van der Waals surface area (Å²) in [6, 6.07) is 5.25. The van der Waals surface area contributed by atoms with Crippen LogP contribution in [0.1, 0.15) is 70.2 Å². The highest BCUT2D eigenvalue weighted by Crippen LogP contribution is 2.19. The molecular formula is C25H41N3O5S. The Morgan fingerprint density at radius 2 is 1.71 bits per heavy atom. The van der Waals surface area contributed by atoms with E-state index in [2.05, 4.69) is 24.5 Å². The van der Waals surface area contributed by atoms with E-state index >= 15 is 0 Å². The van der Waals surface area contributed by atoms with Crippen molar-refractivity contribution in [1.29, 1.82) is 0 Å². The summed E-state index contributed by atoms with van der Waals surface area (Å²) in [5.74, 6) is -0.0882. The van der Waals surface area contributed by atoms with Crippen LogP contribution in [0.25, 0.3) is 0 Å². The second-order valence-corrected chi connectivity index (χ2v) is 11.6. The molecular weight excluding hydrogens is 454 g/mol. The first kappa shape index (κ1) is 28.3. The van der Waals surface area contributed by atoms with Crippen LogP contribution in [0.3, 0.4) is 0 Å². The van der Waals surface area contributed by atoms with Crippen molar-refractivity contribution >= 4 is 21.8 Å². The molecule has 0 radical (unpaired) electrons. The van der Waals surface area contributed by atoms with Gasteiger partial charge in [-0.05, 0) is 36.5 Å². The molecule has 1 atom stereocenters. The average Bonchev–Trinajstić information content (AvgIpc) is 2.81. The number of hydrogen-bond donors (Lipinski definition) is 2. The number of nitrogens with one attached hydrogen (secondary N) is 2. The molecule has 1 fully saturated rings. The Bertz CT molecular complexity index is 896. The summed E-state index contributed by atoms with van der Waals surface area (Å²) in [5, 5.41) is 5.72. The molecule has 0 aliphatic carbocycles. The quantitative estimate of drug-likeness (QED) is 0.409. The third kappa shape index (κ3) is 8.67. The Kier molecular flexibility index (Phi) is 11.5. The lowest BCUT2D eigenvalue weighted by atomic mass is 10.0. The SMILES string of the molecule is CC(C)CCCCCCNC(=O)C(NC(=O)c1cccc(S(=O)(=O)N2CCOCC2)c1)C(C)C. The van der Waals surface area contributed by atoms with E-state index in [1.54, 1.807) is 12.1 Å². The highest BCUT2D eigenvalue weighted by Gasteiger charge is 2.28. The highest BCUT2D eigenvalue weighted by molar-refractivity contribution is 7.89. The van der Waals surface area contributed by atoms with Gasteiger partial charge in [-0.25, -0.2) is 8.42 Å². The van der Waals surface area contributed by atoms with E-state index in [0.29, 0.717) is 19.8 Å². The van der Waals surface area contributed by atoms with Crippen LogP contribution in [-0.4, -0.2) is 63.4 Å². The molecule has 1 unspecified atom stereocenters. The van der Waals surface area contributed by atoms with Crippen molar-refractivity contribution in [3.63, 3.8) is 0 Å². The van der Waals surface area contributed by atoms with Crippen LogP contribution in [0.4, 0.5) is 0 Å². The fourth-order valence-corrected chi connectivity index (χ4v) is 5.30. The molecule has 0 aromatic heterocycles. The van der Waals surface area contributed by atoms with E-state index in [4.69, 9.17) is 4.74 Å². The summed E-state index contributed by atoms with van der Waals surface area (Å²) in [7, 11) is -3.71. The van der Waals surface area contributed by atoms with Crippen molar-refractivity contribution in [2.24, 2.45) is 11.8 Å². The summed E-state index contributed by atoms with van der Waals surface area (Å²) in [6.45, 7) is 10.0. The minimum atomic E-state index is -3.71. The topological polar surface area (TPSA) is 105 Å². The molecule has 9 heteroatoms. The van der Waals surface area contributed by atoms with Gasteiger partial charge in [-0.2, -0.15) is 4.31 Å². The second kappa shape index (κ2) is 13.8. The van der Waals surface area contributed by atoms with E-state index < -0.39 is 22.0 Å². The van der Waals surface area contributed by atoms with Crippen LogP contribution in [0.5, 0.6) is 0 Å². The van der Waals surface area contributed by atoms with E-state index in [0.717, 1.165) is 25.2 Å². The normalized spacial score (nSPS) is 15.9. The zero-order valence-corrected chi connectivity index (χ0v) is 21.8. The standard InChI is InChI=1S/C25H41N3O5S/c1-19(2)10-7-5-6-8-13-26-25(30)23(20(3)4)27-24(29)21-11-9-12-22(18-21)34(31,32)28-14-16-33-17-15-28/h9,11-12,18-20,23H,5-8,10,13-17H2,1-4H3,(H,26,30)(H,27,29). The zero-order valence-electron chi connectivity index (χ0n) is 21.0. The first-order valence-electron chi connectivity index (χ1n) is 12.4. The molecule has 2 rings (SSSR count). The molecule has 34 heavy (non-hydrogen) atoms. The van der Waals surface area contributed by atoms with Crippen LogP contribution in [0, 0.1) is 11.8 Å². The van der Waals surface area contributed by atoms with E-state index in [1.807, 2.05) is 13.8 Å². The van der Waals surface area contributed by atoms with E-state index in [9.17, 15) is 18.0 Å². The van der Waals surface area contributed by atoms with Gasteiger partial charge in [0.2, 0.25) is 15.9 Å². The Morgan fingerprint density at radius 3 is 2.35 bits per heavy atom. The maximum Gasteiger partial charge on any atom is 0.251 e. The lowest BCUT2D eigenvalue weighted by molar-refractivity contribution is -0.123. The fraction of sp³-hybridized carbons (Fsp3) is 0.680. The number of nitrogens with zero attached hydrogens (tertiary/aromatic N) is 1. The number of benzene rings is 1. The van der Waals surface area contributed by atoms with Crippen molar-refractivity contribution in [3.05, 3.63) is 29.8 Å². The van der Waals surface area contributed by atoms with Gasteiger partial charge in [-0.1, -0.05) is 59.4 Å². The number of sulfonamides is 1. The van der Waals surface area contributed by atoms with Gasteiger partial charge in [0.05, 0.1) is 18.1 Å². The Labute approximate surface area is 204 Å². The van der Waals surface area contributed by atoms with Crippen LogP contribution in [-0.2, 0) is 19.6 Å². The summed E-state index contributed by atoms with van der Waals surface area (Å²) in [4.78, 5) is 25.7. The molecule has 2 N–H and O–H groups in total. The Balaban J connectivity index is 1.93. The molecule has 1 heterocycles. The third-order valence-corrected chi connectivity index (χ3v) is 7.84. The van der Waals surface area contributed by atoms with Gasteiger partial charge >= 0.3 is 0 Å². The predicted octanol–water partition coefficient (Wildman–Crippen LogP) is 3.18. The monoisotopic (exact) mass is 495 g/mol. The van der Waals surface area contributed by atoms with Gasteiger partial charge in [0.15, 0.2) is 0 Å². The zero-order chi connectivity index (χ0) is 25.1. The summed E-state index contributed by atoms with van der Waals surface area (Å²) >= 11 is 0. The molecule has 0 spiro atoms. The van der Waals surface area contributed by atoms with Crippen LogP contribution >= 0.6 is 0 Å². The van der Waals surface area contributed by atoms with Crippen LogP contribution in [0.15, 0.2) is 29.2 Å². The number of hydrogen-bond acceptors (Lipinski definition) is 5. The van der Waals surface area contributed by atoms with Crippen LogP contribution in [0.2, 0.25) is 0 Å². The van der Waals surface area contributed by atoms with Gasteiger partial charge in [0.1, 0.15) is 6.04 Å². The molecule has 0 saturated carbocycles. The first-order chi connectivity index (χ1) is 16.1. The van der Waals surface area contributed by atoms with Gasteiger partial charge < -0.3 is 15.4 Å². The van der Waals surface area contributed by atoms with Gasteiger partial charge in [-0.15, -0.1) is 0 Å². The average molecular weight is 496 g/mol. The van der Waals surface area contributed by atoms with Crippen molar-refractivity contribution in [1.82, 2.24) is 14.9 Å². The summed E-state index contributed by atoms with van der Waals surface area (Å²) in [6.07, 6.45) is 5.56. The Hall–Kier alpha value is -1.97. The molecule has 1 aliphatic rings. The highest BCUT2D eigenvalue weighted by atomic mass is 32.2.